The first-order valence-electron chi connectivity index (χ1n) is 9.26. The zero-order valence-electron chi connectivity index (χ0n) is 15.9. The molecule has 4 aromatic rings. The monoisotopic (exact) mass is 400 g/mol. The Morgan fingerprint density at radius 1 is 0.483 bits per heavy atom. The summed E-state index contributed by atoms with van der Waals surface area (Å²) in [7, 11) is -4.17. The summed E-state index contributed by atoms with van der Waals surface area (Å²) in [5, 5.41) is 0. The Kier molecular flexibility index (Phi) is 5.05. The second-order valence-corrected chi connectivity index (χ2v) is 8.44. The quantitative estimate of drug-likeness (QED) is 0.412. The van der Waals surface area contributed by atoms with Crippen LogP contribution >= 0.6 is 0 Å². The normalized spacial score (nSPS) is 11.4. The van der Waals surface area contributed by atoms with Gasteiger partial charge >= 0.3 is 0 Å². The number of hydrogen-bond acceptors (Lipinski definition) is 2. The van der Waals surface area contributed by atoms with Crippen LogP contribution < -0.4 is 0 Å². The Bertz CT molecular complexity index is 1220. The Labute approximate surface area is 171 Å². The van der Waals surface area contributed by atoms with Gasteiger partial charge in [-0.05, 0) is 52.4 Å². The molecule has 0 aliphatic carbocycles. The van der Waals surface area contributed by atoms with Crippen molar-refractivity contribution in [1.82, 2.24) is 0 Å². The molecule has 0 aliphatic rings. The molecule has 0 aliphatic heterocycles. The molecule has 0 aromatic heterocycles. The van der Waals surface area contributed by atoms with Gasteiger partial charge in [0.25, 0.3) is 10.1 Å². The van der Waals surface area contributed by atoms with Gasteiger partial charge in [-0.2, -0.15) is 8.42 Å². The molecule has 4 aromatic carbocycles. The highest BCUT2D eigenvalue weighted by Gasteiger charge is 2.09. The Morgan fingerprint density at radius 2 is 0.724 bits per heavy atom. The summed E-state index contributed by atoms with van der Waals surface area (Å²) < 4.78 is 31.4. The van der Waals surface area contributed by atoms with Gasteiger partial charge in [-0.15, -0.1) is 0 Å². The summed E-state index contributed by atoms with van der Waals surface area (Å²) in [5.74, 6) is 0. The summed E-state index contributed by atoms with van der Waals surface area (Å²) in [6.45, 7) is 2.08. The van der Waals surface area contributed by atoms with Crippen molar-refractivity contribution in [3.63, 3.8) is 0 Å². The van der Waals surface area contributed by atoms with Gasteiger partial charge in [-0.3, -0.25) is 4.55 Å². The van der Waals surface area contributed by atoms with E-state index in [9.17, 15) is 8.42 Å². The van der Waals surface area contributed by atoms with Crippen LogP contribution in [0.2, 0.25) is 0 Å². The van der Waals surface area contributed by atoms with Crippen molar-refractivity contribution in [1.29, 1.82) is 0 Å². The van der Waals surface area contributed by atoms with Crippen LogP contribution in [0.3, 0.4) is 0 Å². The van der Waals surface area contributed by atoms with Crippen molar-refractivity contribution in [2.75, 3.05) is 0 Å². The summed E-state index contributed by atoms with van der Waals surface area (Å²) in [6.07, 6.45) is 0. The van der Waals surface area contributed by atoms with Gasteiger partial charge in [0.15, 0.2) is 0 Å². The first-order chi connectivity index (χ1) is 13.9. The van der Waals surface area contributed by atoms with Gasteiger partial charge in [0.1, 0.15) is 0 Å². The fourth-order valence-electron chi connectivity index (χ4n) is 3.28. The molecule has 4 heteroatoms. The second kappa shape index (κ2) is 7.66. The topological polar surface area (TPSA) is 54.4 Å². The predicted octanol–water partition coefficient (Wildman–Crippen LogP) is 6.24. The van der Waals surface area contributed by atoms with Gasteiger partial charge < -0.3 is 0 Å². The molecule has 4 rings (SSSR count). The van der Waals surface area contributed by atoms with Gasteiger partial charge in [-0.1, -0.05) is 90.5 Å². The van der Waals surface area contributed by atoms with Crippen molar-refractivity contribution in [3.05, 3.63) is 103 Å². The second-order valence-electron chi connectivity index (χ2n) is 7.02. The lowest BCUT2D eigenvalue weighted by Gasteiger charge is -2.07. The summed E-state index contributed by atoms with van der Waals surface area (Å²) in [5.41, 5.74) is 7.74. The minimum Gasteiger partial charge on any atom is -0.282 e. The Hall–Kier alpha value is -3.21. The molecule has 1 N–H and O–H groups in total. The van der Waals surface area contributed by atoms with Crippen molar-refractivity contribution < 1.29 is 13.0 Å². The molecule has 0 saturated heterocycles. The van der Waals surface area contributed by atoms with Crippen LogP contribution in [-0.4, -0.2) is 13.0 Å². The maximum atomic E-state index is 11.2. The van der Waals surface area contributed by atoms with E-state index in [1.54, 1.807) is 12.1 Å². The van der Waals surface area contributed by atoms with Crippen molar-refractivity contribution in [2.24, 2.45) is 0 Å². The summed E-state index contributed by atoms with van der Waals surface area (Å²) >= 11 is 0. The Morgan fingerprint density at radius 3 is 1.00 bits per heavy atom. The molecule has 0 amide bonds. The summed E-state index contributed by atoms with van der Waals surface area (Å²) in [4.78, 5) is -0.105. The third-order valence-corrected chi connectivity index (χ3v) is 5.84. The average molecular weight is 400 g/mol. The van der Waals surface area contributed by atoms with Crippen LogP contribution in [0.25, 0.3) is 33.4 Å². The highest BCUT2D eigenvalue weighted by molar-refractivity contribution is 7.85. The molecule has 3 nitrogen and oxygen atoms in total. The fraction of sp³-hybridized carbons (Fsp3) is 0.0400. The van der Waals surface area contributed by atoms with E-state index in [2.05, 4.69) is 55.5 Å². The predicted molar refractivity (Wildman–Crippen MR) is 117 cm³/mol. The molecule has 0 atom stereocenters. The van der Waals surface area contributed by atoms with E-state index in [1.807, 2.05) is 24.3 Å². The van der Waals surface area contributed by atoms with E-state index < -0.39 is 10.1 Å². The highest BCUT2D eigenvalue weighted by Crippen LogP contribution is 2.28. The van der Waals surface area contributed by atoms with Gasteiger partial charge in [0.05, 0.1) is 4.90 Å². The lowest BCUT2D eigenvalue weighted by atomic mass is 9.98. The maximum absolute atomic E-state index is 11.2. The van der Waals surface area contributed by atoms with Crippen LogP contribution in [0.4, 0.5) is 0 Å². The van der Waals surface area contributed by atoms with Crippen LogP contribution in [0, 0.1) is 6.92 Å². The van der Waals surface area contributed by atoms with Crippen molar-refractivity contribution in [2.45, 2.75) is 11.8 Å². The number of rotatable bonds is 4. The van der Waals surface area contributed by atoms with Crippen LogP contribution in [-0.2, 0) is 10.1 Å². The zero-order chi connectivity index (χ0) is 20.4. The molecule has 0 heterocycles. The lowest BCUT2D eigenvalue weighted by Crippen LogP contribution is -1.97. The molecule has 29 heavy (non-hydrogen) atoms. The number of hydrogen-bond donors (Lipinski definition) is 1. The third kappa shape index (κ3) is 4.29. The van der Waals surface area contributed by atoms with E-state index in [1.165, 1.54) is 28.8 Å². The lowest BCUT2D eigenvalue weighted by molar-refractivity contribution is 0.483. The van der Waals surface area contributed by atoms with E-state index in [-0.39, 0.29) is 4.90 Å². The van der Waals surface area contributed by atoms with Gasteiger partial charge in [0.2, 0.25) is 0 Å². The largest absolute Gasteiger partial charge is 0.294 e. The van der Waals surface area contributed by atoms with Crippen LogP contribution in [0.1, 0.15) is 5.56 Å². The first-order valence-corrected chi connectivity index (χ1v) is 10.7. The van der Waals surface area contributed by atoms with E-state index in [0.717, 1.165) is 22.3 Å². The minimum atomic E-state index is -4.17. The molecule has 0 spiro atoms. The Balaban J connectivity index is 1.55. The molecule has 0 bridgehead atoms. The molecule has 0 unspecified atom stereocenters. The summed E-state index contributed by atoms with van der Waals surface area (Å²) in [6, 6.07) is 31.3. The van der Waals surface area contributed by atoms with E-state index >= 15 is 0 Å². The SMILES string of the molecule is Cc1ccc(-c2ccc(-c3ccc(-c4ccc(S(=O)(=O)O)cc4)cc3)cc2)cc1. The third-order valence-electron chi connectivity index (χ3n) is 4.97. The maximum Gasteiger partial charge on any atom is 0.294 e. The van der Waals surface area contributed by atoms with E-state index in [0.29, 0.717) is 0 Å². The number of aryl methyl sites for hydroxylation is 1. The van der Waals surface area contributed by atoms with E-state index in [4.69, 9.17) is 4.55 Å². The van der Waals surface area contributed by atoms with Crippen LogP contribution in [0.5, 0.6) is 0 Å². The van der Waals surface area contributed by atoms with Gasteiger partial charge in [-0.25, -0.2) is 0 Å². The van der Waals surface area contributed by atoms with Crippen molar-refractivity contribution in [3.8, 4) is 33.4 Å². The fourth-order valence-corrected chi connectivity index (χ4v) is 3.76. The molecule has 0 radical (unpaired) electrons. The first kappa shape index (κ1) is 19.1. The minimum absolute atomic E-state index is 0.105. The molecular formula is C25H20O3S. The van der Waals surface area contributed by atoms with Crippen molar-refractivity contribution >= 4 is 10.1 Å². The average Bonchev–Trinajstić information content (AvgIpc) is 2.74. The molecule has 0 fully saturated rings. The smallest absolute Gasteiger partial charge is 0.282 e. The highest BCUT2D eigenvalue weighted by atomic mass is 32.2. The molecular weight excluding hydrogens is 380 g/mol. The number of benzene rings is 4. The zero-order valence-corrected chi connectivity index (χ0v) is 16.7. The van der Waals surface area contributed by atoms with Gasteiger partial charge in [0, 0.05) is 0 Å². The molecule has 0 saturated carbocycles. The molecule has 144 valence electrons. The van der Waals surface area contributed by atoms with Crippen LogP contribution in [0.15, 0.2) is 102 Å². The standard InChI is InChI=1S/C25H20O3S/c1-18-2-4-19(5-3-18)20-6-8-21(9-7-20)22-10-12-23(13-11-22)24-14-16-25(17-15-24)29(26,27)28/h2-17H,1H3,(H,26,27,28).